The second-order valence-corrected chi connectivity index (χ2v) is 9.11. The van der Waals surface area contributed by atoms with E-state index in [0.29, 0.717) is 5.75 Å². The lowest BCUT2D eigenvalue weighted by molar-refractivity contribution is -0.130. The number of pyridine rings is 1. The Bertz CT molecular complexity index is 1130. The summed E-state index contributed by atoms with van der Waals surface area (Å²) >= 11 is 1.46. The number of hydrazone groups is 1. The highest BCUT2D eigenvalue weighted by atomic mass is 32.2. The lowest BCUT2D eigenvalue weighted by atomic mass is 9.77. The summed E-state index contributed by atoms with van der Waals surface area (Å²) in [5.74, 6) is 0.571. The second-order valence-electron chi connectivity index (χ2n) is 8.11. The largest absolute Gasteiger partial charge is 0.272 e. The molecule has 5 heteroatoms. The van der Waals surface area contributed by atoms with E-state index in [9.17, 15) is 4.79 Å². The lowest BCUT2D eigenvalue weighted by Gasteiger charge is -2.29. The zero-order valence-corrected chi connectivity index (χ0v) is 18.6. The molecule has 0 spiro atoms. The molecule has 1 fully saturated rings. The van der Waals surface area contributed by atoms with Crippen LogP contribution < -0.4 is 0 Å². The van der Waals surface area contributed by atoms with Crippen LogP contribution in [0.1, 0.15) is 36.4 Å². The number of nitrogens with zero attached hydrogens (tertiary/aromatic N) is 3. The minimum Gasteiger partial charge on any atom is -0.272 e. The van der Waals surface area contributed by atoms with E-state index < -0.39 is 0 Å². The Morgan fingerprint density at radius 3 is 2.50 bits per heavy atom. The van der Waals surface area contributed by atoms with Crippen LogP contribution in [0.15, 0.2) is 101 Å². The van der Waals surface area contributed by atoms with Crippen molar-refractivity contribution in [1.82, 2.24) is 9.99 Å². The van der Waals surface area contributed by atoms with Crippen LogP contribution in [0.5, 0.6) is 0 Å². The predicted molar refractivity (Wildman–Crippen MR) is 130 cm³/mol. The van der Waals surface area contributed by atoms with E-state index in [0.717, 1.165) is 35.6 Å². The molecule has 2 unspecified atom stereocenters. The van der Waals surface area contributed by atoms with E-state index >= 15 is 0 Å². The first-order valence-corrected chi connectivity index (χ1v) is 12.0. The Balaban J connectivity index is 1.46. The first-order valence-electron chi connectivity index (χ1n) is 11.0. The van der Waals surface area contributed by atoms with Crippen LogP contribution in [-0.2, 0) is 4.79 Å². The molecule has 1 aliphatic heterocycles. The average Bonchev–Trinajstić information content (AvgIpc) is 3.25. The third-order valence-electron chi connectivity index (χ3n) is 6.02. The SMILES string of the molecule is O=C(CSc1ccccn1)N1N=C2C(=Cc3ccccc3)CCCC2C1c1ccccc1. The number of fused-ring (bicyclic) bond motifs is 1. The molecule has 1 aromatic heterocycles. The van der Waals surface area contributed by atoms with Gasteiger partial charge in [-0.2, -0.15) is 5.10 Å². The fraction of sp³-hybridized carbons (Fsp3) is 0.222. The number of benzene rings is 2. The molecule has 32 heavy (non-hydrogen) atoms. The molecule has 160 valence electrons. The van der Waals surface area contributed by atoms with Crippen LogP contribution in [-0.4, -0.2) is 27.4 Å². The number of carbonyl (C=O) groups excluding carboxylic acids is 1. The first-order chi connectivity index (χ1) is 15.8. The van der Waals surface area contributed by atoms with Gasteiger partial charge in [0, 0.05) is 12.1 Å². The molecular weight excluding hydrogens is 414 g/mol. The van der Waals surface area contributed by atoms with E-state index in [-0.39, 0.29) is 17.9 Å². The molecule has 5 rings (SSSR count). The fourth-order valence-electron chi connectivity index (χ4n) is 4.58. The number of carbonyl (C=O) groups is 1. The maximum atomic E-state index is 13.4. The molecule has 3 aromatic rings. The van der Waals surface area contributed by atoms with Gasteiger partial charge in [-0.05, 0) is 54.2 Å². The van der Waals surface area contributed by atoms with Crippen molar-refractivity contribution < 1.29 is 4.79 Å². The number of amides is 1. The van der Waals surface area contributed by atoms with Gasteiger partial charge < -0.3 is 0 Å². The summed E-state index contributed by atoms with van der Waals surface area (Å²) in [6.07, 6.45) is 7.14. The molecule has 1 amide bonds. The zero-order chi connectivity index (χ0) is 21.8. The predicted octanol–water partition coefficient (Wildman–Crippen LogP) is 6.00. The van der Waals surface area contributed by atoms with Gasteiger partial charge in [-0.3, -0.25) is 4.79 Å². The average molecular weight is 440 g/mol. The third kappa shape index (κ3) is 4.39. The molecule has 1 saturated carbocycles. The smallest absolute Gasteiger partial charge is 0.253 e. The molecular formula is C27H25N3OS. The van der Waals surface area contributed by atoms with Crippen LogP contribution in [0.2, 0.25) is 0 Å². The van der Waals surface area contributed by atoms with Crippen LogP contribution in [0.3, 0.4) is 0 Å². The van der Waals surface area contributed by atoms with Crippen molar-refractivity contribution in [2.45, 2.75) is 30.3 Å². The summed E-state index contributed by atoms with van der Waals surface area (Å²) in [5, 5.41) is 7.55. The summed E-state index contributed by atoms with van der Waals surface area (Å²) in [5.41, 5.74) is 4.65. The van der Waals surface area contributed by atoms with Crippen LogP contribution in [0.4, 0.5) is 0 Å². The summed E-state index contributed by atoms with van der Waals surface area (Å²) in [7, 11) is 0. The van der Waals surface area contributed by atoms with E-state index in [1.54, 1.807) is 11.2 Å². The van der Waals surface area contributed by atoms with Crippen molar-refractivity contribution in [3.8, 4) is 0 Å². The molecule has 4 nitrogen and oxygen atoms in total. The van der Waals surface area contributed by atoms with Gasteiger partial charge in [0.2, 0.25) is 0 Å². The van der Waals surface area contributed by atoms with E-state index in [1.165, 1.54) is 22.9 Å². The Kier molecular flexibility index (Phi) is 6.17. The van der Waals surface area contributed by atoms with Crippen LogP contribution >= 0.6 is 11.8 Å². The molecule has 2 aliphatic rings. The number of thioether (sulfide) groups is 1. The normalized spacial score (nSPS) is 21.3. The minimum atomic E-state index is -0.0532. The maximum Gasteiger partial charge on any atom is 0.253 e. The van der Waals surface area contributed by atoms with Crippen LogP contribution in [0.25, 0.3) is 6.08 Å². The van der Waals surface area contributed by atoms with Gasteiger partial charge in [0.15, 0.2) is 0 Å². The third-order valence-corrected chi connectivity index (χ3v) is 6.95. The van der Waals surface area contributed by atoms with Gasteiger partial charge in [-0.15, -0.1) is 0 Å². The molecule has 2 atom stereocenters. The molecule has 2 heterocycles. The van der Waals surface area contributed by atoms with E-state index in [4.69, 9.17) is 5.10 Å². The Labute approximate surface area is 193 Å². The summed E-state index contributed by atoms with van der Waals surface area (Å²) < 4.78 is 0. The molecule has 2 aromatic carbocycles. The molecule has 0 N–H and O–H groups in total. The van der Waals surface area contributed by atoms with Crippen molar-refractivity contribution in [2.75, 3.05) is 5.75 Å². The first kappa shape index (κ1) is 20.7. The Morgan fingerprint density at radius 2 is 1.75 bits per heavy atom. The van der Waals surface area contributed by atoms with Crippen molar-refractivity contribution in [2.24, 2.45) is 11.0 Å². The standard InChI is InChI=1S/C27H25N3OS/c31-25(19-32-24-16-7-8-17-28-24)30-27(21-12-5-2-6-13-21)23-15-9-14-22(26(23)29-30)18-20-10-3-1-4-11-20/h1-8,10-13,16-18,23,27H,9,14-15,19H2. The van der Waals surface area contributed by atoms with Gasteiger partial charge in [-0.1, -0.05) is 78.5 Å². The monoisotopic (exact) mass is 439 g/mol. The number of allylic oxidation sites excluding steroid dienone is 1. The summed E-state index contributed by atoms with van der Waals surface area (Å²) in [4.78, 5) is 17.7. The molecule has 0 bridgehead atoms. The quantitative estimate of drug-likeness (QED) is 0.458. The van der Waals surface area contributed by atoms with Crippen molar-refractivity contribution in [1.29, 1.82) is 0 Å². The van der Waals surface area contributed by atoms with Crippen molar-refractivity contribution in [3.05, 3.63) is 102 Å². The van der Waals surface area contributed by atoms with E-state index in [2.05, 4.69) is 47.5 Å². The highest BCUT2D eigenvalue weighted by molar-refractivity contribution is 7.99. The molecule has 0 saturated heterocycles. The van der Waals surface area contributed by atoms with Gasteiger partial charge in [-0.25, -0.2) is 9.99 Å². The highest BCUT2D eigenvalue weighted by Gasteiger charge is 2.43. The second kappa shape index (κ2) is 9.53. The lowest BCUT2D eigenvalue weighted by Crippen LogP contribution is -2.32. The van der Waals surface area contributed by atoms with Gasteiger partial charge in [0.25, 0.3) is 5.91 Å². The fourth-order valence-corrected chi connectivity index (χ4v) is 5.29. The van der Waals surface area contributed by atoms with E-state index in [1.807, 2.05) is 42.5 Å². The molecule has 0 radical (unpaired) electrons. The van der Waals surface area contributed by atoms with Crippen LogP contribution in [0, 0.1) is 5.92 Å². The Hall–Kier alpha value is -3.18. The zero-order valence-electron chi connectivity index (χ0n) is 17.8. The maximum absolute atomic E-state index is 13.4. The number of rotatable bonds is 5. The minimum absolute atomic E-state index is 0.0236. The molecule has 1 aliphatic carbocycles. The number of hydrogen-bond donors (Lipinski definition) is 0. The van der Waals surface area contributed by atoms with Gasteiger partial charge >= 0.3 is 0 Å². The topological polar surface area (TPSA) is 45.6 Å². The number of hydrogen-bond acceptors (Lipinski definition) is 4. The number of aromatic nitrogens is 1. The summed E-state index contributed by atoms with van der Waals surface area (Å²) in [6.45, 7) is 0. The Morgan fingerprint density at radius 1 is 1.00 bits per heavy atom. The summed E-state index contributed by atoms with van der Waals surface area (Å²) in [6, 6.07) is 26.4. The van der Waals surface area contributed by atoms with Crippen molar-refractivity contribution >= 4 is 29.5 Å². The highest BCUT2D eigenvalue weighted by Crippen LogP contribution is 2.44. The van der Waals surface area contributed by atoms with Gasteiger partial charge in [0.05, 0.1) is 22.5 Å². The van der Waals surface area contributed by atoms with Gasteiger partial charge in [0.1, 0.15) is 0 Å². The van der Waals surface area contributed by atoms with Crippen molar-refractivity contribution in [3.63, 3.8) is 0 Å².